The summed E-state index contributed by atoms with van der Waals surface area (Å²) in [4.78, 5) is 14.7. The topological polar surface area (TPSA) is 44.4 Å². The van der Waals surface area contributed by atoms with Crippen molar-refractivity contribution in [1.82, 2.24) is 10.2 Å². The Morgan fingerprint density at radius 1 is 1.38 bits per heavy atom. The first kappa shape index (κ1) is 14.4. The molecule has 0 unspecified atom stereocenters. The van der Waals surface area contributed by atoms with E-state index in [4.69, 9.17) is 0 Å². The maximum Gasteiger partial charge on any atom is 0.251 e. The first-order valence-corrected chi connectivity index (χ1v) is 8.13. The largest absolute Gasteiger partial charge is 0.384 e. The molecule has 2 aliphatic heterocycles. The molecule has 1 fully saturated rings. The molecule has 21 heavy (non-hydrogen) atoms. The van der Waals surface area contributed by atoms with Gasteiger partial charge in [0, 0.05) is 24.3 Å². The quantitative estimate of drug-likeness (QED) is 0.891. The molecule has 0 aliphatic carbocycles. The number of fused-ring (bicyclic) bond motifs is 1. The Balaban J connectivity index is 1.50. The van der Waals surface area contributed by atoms with E-state index in [0.717, 1.165) is 31.6 Å². The second kappa shape index (κ2) is 6.48. The van der Waals surface area contributed by atoms with Crippen molar-refractivity contribution in [2.45, 2.75) is 26.2 Å². The molecule has 4 nitrogen and oxygen atoms in total. The molecule has 1 amide bonds. The van der Waals surface area contributed by atoms with Crippen LogP contribution in [-0.2, 0) is 6.42 Å². The Morgan fingerprint density at radius 3 is 2.95 bits per heavy atom. The standard InChI is InChI=1S/C17H25N3O/c1-2-20-9-6-13(7-10-20)12-19-17(21)15-3-4-16-14(11-15)5-8-18-16/h3-4,11,13,18H,2,5-10,12H2,1H3,(H,19,21). The zero-order chi connectivity index (χ0) is 14.7. The van der Waals surface area contributed by atoms with Crippen molar-refractivity contribution in [1.29, 1.82) is 0 Å². The van der Waals surface area contributed by atoms with Gasteiger partial charge in [0.15, 0.2) is 0 Å². The van der Waals surface area contributed by atoms with E-state index in [-0.39, 0.29) is 5.91 Å². The van der Waals surface area contributed by atoms with Crippen molar-refractivity contribution in [3.63, 3.8) is 0 Å². The lowest BCUT2D eigenvalue weighted by atomic mass is 9.96. The summed E-state index contributed by atoms with van der Waals surface area (Å²) in [6, 6.07) is 5.98. The lowest BCUT2D eigenvalue weighted by molar-refractivity contribution is 0.0937. The number of hydrogen-bond donors (Lipinski definition) is 2. The summed E-state index contributed by atoms with van der Waals surface area (Å²) in [6.07, 6.45) is 3.41. The molecule has 2 N–H and O–H groups in total. The van der Waals surface area contributed by atoms with Crippen LogP contribution in [0, 0.1) is 5.92 Å². The summed E-state index contributed by atoms with van der Waals surface area (Å²) in [6.45, 7) is 7.48. The van der Waals surface area contributed by atoms with E-state index >= 15 is 0 Å². The summed E-state index contributed by atoms with van der Waals surface area (Å²) < 4.78 is 0. The molecular weight excluding hydrogens is 262 g/mol. The van der Waals surface area contributed by atoms with Crippen molar-refractivity contribution < 1.29 is 4.79 Å². The van der Waals surface area contributed by atoms with Gasteiger partial charge in [-0.15, -0.1) is 0 Å². The molecule has 0 atom stereocenters. The first-order chi connectivity index (χ1) is 10.3. The minimum Gasteiger partial charge on any atom is -0.384 e. The van der Waals surface area contributed by atoms with Crippen LogP contribution in [0.5, 0.6) is 0 Å². The highest BCUT2D eigenvalue weighted by molar-refractivity contribution is 5.95. The number of piperidine rings is 1. The highest BCUT2D eigenvalue weighted by Crippen LogP contribution is 2.23. The Morgan fingerprint density at radius 2 is 2.19 bits per heavy atom. The number of likely N-dealkylation sites (tertiary alicyclic amines) is 1. The third-order valence-corrected chi connectivity index (χ3v) is 4.78. The van der Waals surface area contributed by atoms with Crippen LogP contribution in [-0.4, -0.2) is 43.5 Å². The number of nitrogens with one attached hydrogen (secondary N) is 2. The van der Waals surface area contributed by atoms with Gasteiger partial charge in [-0.1, -0.05) is 6.92 Å². The lowest BCUT2D eigenvalue weighted by Crippen LogP contribution is -2.38. The van der Waals surface area contributed by atoms with Crippen molar-refractivity contribution in [3.8, 4) is 0 Å². The smallest absolute Gasteiger partial charge is 0.251 e. The van der Waals surface area contributed by atoms with Crippen LogP contribution < -0.4 is 10.6 Å². The fourth-order valence-electron chi connectivity index (χ4n) is 3.29. The molecule has 3 rings (SSSR count). The van der Waals surface area contributed by atoms with E-state index in [2.05, 4.69) is 22.5 Å². The SMILES string of the molecule is CCN1CCC(CNC(=O)c2ccc3c(c2)CCN3)CC1. The van der Waals surface area contributed by atoms with E-state index in [0.29, 0.717) is 5.92 Å². The molecule has 114 valence electrons. The van der Waals surface area contributed by atoms with Crippen molar-refractivity contribution in [2.75, 3.05) is 38.0 Å². The zero-order valence-corrected chi connectivity index (χ0v) is 12.8. The minimum absolute atomic E-state index is 0.0719. The summed E-state index contributed by atoms with van der Waals surface area (Å²) in [5.74, 6) is 0.704. The maximum absolute atomic E-state index is 12.3. The van der Waals surface area contributed by atoms with Crippen molar-refractivity contribution >= 4 is 11.6 Å². The lowest BCUT2D eigenvalue weighted by Gasteiger charge is -2.31. The van der Waals surface area contributed by atoms with Crippen LogP contribution in [0.1, 0.15) is 35.7 Å². The van der Waals surface area contributed by atoms with Crippen LogP contribution in [0.3, 0.4) is 0 Å². The fourth-order valence-corrected chi connectivity index (χ4v) is 3.29. The third-order valence-electron chi connectivity index (χ3n) is 4.78. The van der Waals surface area contributed by atoms with E-state index in [1.54, 1.807) is 0 Å². The van der Waals surface area contributed by atoms with Crippen molar-refractivity contribution in [3.05, 3.63) is 29.3 Å². The summed E-state index contributed by atoms with van der Waals surface area (Å²) in [7, 11) is 0. The number of anilines is 1. The molecule has 0 radical (unpaired) electrons. The van der Waals surface area contributed by atoms with E-state index in [9.17, 15) is 4.79 Å². The van der Waals surface area contributed by atoms with Gasteiger partial charge in [-0.05, 0) is 68.6 Å². The van der Waals surface area contributed by atoms with Crippen LogP contribution in [0.4, 0.5) is 5.69 Å². The summed E-state index contributed by atoms with van der Waals surface area (Å²) >= 11 is 0. The van der Waals surface area contributed by atoms with E-state index in [1.165, 1.54) is 37.2 Å². The number of carbonyl (C=O) groups excluding carboxylic acids is 1. The molecule has 0 saturated carbocycles. The molecule has 1 aromatic rings. The maximum atomic E-state index is 12.3. The van der Waals surface area contributed by atoms with Gasteiger partial charge in [0.2, 0.25) is 0 Å². The molecule has 0 bridgehead atoms. The zero-order valence-electron chi connectivity index (χ0n) is 12.8. The molecule has 2 aliphatic rings. The number of benzene rings is 1. The Kier molecular flexibility index (Phi) is 4.44. The molecule has 0 aromatic heterocycles. The molecular formula is C17H25N3O. The average molecular weight is 287 g/mol. The summed E-state index contributed by atoms with van der Waals surface area (Å²) in [5, 5.41) is 6.44. The van der Waals surface area contributed by atoms with E-state index < -0.39 is 0 Å². The Hall–Kier alpha value is -1.55. The number of carbonyl (C=O) groups is 1. The van der Waals surface area contributed by atoms with Crippen molar-refractivity contribution in [2.24, 2.45) is 5.92 Å². The van der Waals surface area contributed by atoms with Gasteiger partial charge in [-0.25, -0.2) is 0 Å². The number of nitrogens with zero attached hydrogens (tertiary/aromatic N) is 1. The first-order valence-electron chi connectivity index (χ1n) is 8.13. The number of hydrogen-bond acceptors (Lipinski definition) is 3. The van der Waals surface area contributed by atoms with Gasteiger partial charge < -0.3 is 15.5 Å². The average Bonchev–Trinajstić information content (AvgIpc) is 3.00. The van der Waals surface area contributed by atoms with Gasteiger partial charge >= 0.3 is 0 Å². The Bertz CT molecular complexity index is 507. The van der Waals surface area contributed by atoms with Gasteiger partial charge in [-0.3, -0.25) is 4.79 Å². The highest BCUT2D eigenvalue weighted by atomic mass is 16.1. The van der Waals surface area contributed by atoms with Gasteiger partial charge in [0.05, 0.1) is 0 Å². The van der Waals surface area contributed by atoms with Crippen LogP contribution in [0.15, 0.2) is 18.2 Å². The minimum atomic E-state index is 0.0719. The van der Waals surface area contributed by atoms with Gasteiger partial charge in [0.1, 0.15) is 0 Å². The predicted octanol–water partition coefficient (Wildman–Crippen LogP) is 2.12. The molecule has 1 saturated heterocycles. The second-order valence-electron chi connectivity index (χ2n) is 6.14. The third kappa shape index (κ3) is 3.38. The number of amides is 1. The molecule has 1 aromatic carbocycles. The predicted molar refractivity (Wildman–Crippen MR) is 85.8 cm³/mol. The fraction of sp³-hybridized carbons (Fsp3) is 0.588. The highest BCUT2D eigenvalue weighted by Gasteiger charge is 2.19. The number of rotatable bonds is 4. The monoisotopic (exact) mass is 287 g/mol. The Labute approximate surface area is 126 Å². The van der Waals surface area contributed by atoms with Gasteiger partial charge in [0.25, 0.3) is 5.91 Å². The normalized spacial score (nSPS) is 19.1. The van der Waals surface area contributed by atoms with E-state index in [1.807, 2.05) is 18.2 Å². The van der Waals surface area contributed by atoms with Gasteiger partial charge in [-0.2, -0.15) is 0 Å². The molecule has 2 heterocycles. The van der Waals surface area contributed by atoms with Crippen LogP contribution >= 0.6 is 0 Å². The van der Waals surface area contributed by atoms with Crippen LogP contribution in [0.2, 0.25) is 0 Å². The molecule has 4 heteroatoms. The second-order valence-corrected chi connectivity index (χ2v) is 6.14. The summed E-state index contributed by atoms with van der Waals surface area (Å²) in [5.41, 5.74) is 3.24. The molecule has 0 spiro atoms. The van der Waals surface area contributed by atoms with Crippen LogP contribution in [0.25, 0.3) is 0 Å².